The van der Waals surface area contributed by atoms with Crippen molar-refractivity contribution in [1.29, 1.82) is 0 Å². The molecular weight excluding hydrogens is 885 g/mol. The summed E-state index contributed by atoms with van der Waals surface area (Å²) in [6, 6.07) is 15.4. The molecule has 0 aliphatic rings. The normalized spacial score (nSPS) is 13.2. The number of aromatic hydroxyl groups is 1. The number of fused-ring (bicyclic) bond motifs is 2. The van der Waals surface area contributed by atoms with Crippen LogP contribution >= 0.6 is 0 Å². The van der Waals surface area contributed by atoms with E-state index in [1.807, 2.05) is 0 Å². The third-order valence-electron chi connectivity index (χ3n) is 8.37. The monoisotopic (exact) mass is 908 g/mol. The predicted octanol–water partition coefficient (Wildman–Crippen LogP) is 5.59. The van der Waals surface area contributed by atoms with Crippen LogP contribution in [0.25, 0.3) is 32.7 Å². The van der Waals surface area contributed by atoms with Gasteiger partial charge >= 0.3 is 0 Å². The number of hydrogen-bond donors (Lipinski definition) is 8. The summed E-state index contributed by atoms with van der Waals surface area (Å²) in [4.78, 5) is -5.30. The molecule has 6 aromatic rings. The van der Waals surface area contributed by atoms with Crippen LogP contribution in [0.4, 0.5) is 34.1 Å². The Bertz CT molecular complexity index is 3450. The van der Waals surface area contributed by atoms with Gasteiger partial charge in [0.15, 0.2) is 5.75 Å². The molecule has 0 amide bonds. The second-order valence-electron chi connectivity index (χ2n) is 12.1. The highest BCUT2D eigenvalue weighted by atomic mass is 32.2. The van der Waals surface area contributed by atoms with E-state index in [0.29, 0.717) is 23.6 Å². The standard InChI is InChI=1S/C32H24N6O16S5/c33-20-6-3-7-22(32(20)59(52,53)54)36-38-30-25(58(49,50)51)13-16-12-24(57(46,47)48)29(28(34)26(16)31(30)39)37-35-21-11-8-15-4-1-2-5-18(15)27(21)19-10-9-17(55(40,41)42)14-23(19)56(43,44)45/h1-14,39H,33-34H2,(H,40,41,42)(H,43,44,45)(H,46,47,48)(H,49,50,51)(H,52,53,54). The van der Waals surface area contributed by atoms with E-state index in [0.717, 1.165) is 24.3 Å². The summed E-state index contributed by atoms with van der Waals surface area (Å²) in [6.45, 7) is 0. The van der Waals surface area contributed by atoms with Crippen LogP contribution in [0.1, 0.15) is 0 Å². The van der Waals surface area contributed by atoms with Crippen LogP contribution in [-0.4, -0.2) is 70.0 Å². The van der Waals surface area contributed by atoms with Gasteiger partial charge < -0.3 is 16.6 Å². The number of phenols is 1. The Morgan fingerprint density at radius 1 is 0.492 bits per heavy atom. The molecule has 59 heavy (non-hydrogen) atoms. The average Bonchev–Trinajstić information content (AvgIpc) is 3.11. The summed E-state index contributed by atoms with van der Waals surface area (Å²) in [7, 11) is -26.1. The second-order valence-corrected chi connectivity index (χ2v) is 19.1. The Hall–Kier alpha value is -6.01. The molecule has 0 fully saturated rings. The van der Waals surface area contributed by atoms with Gasteiger partial charge in [-0.05, 0) is 58.6 Å². The van der Waals surface area contributed by atoms with Crippen molar-refractivity contribution in [3.05, 3.63) is 84.9 Å². The Kier molecular flexibility index (Phi) is 10.6. The molecule has 0 aliphatic carbocycles. The summed E-state index contributed by atoms with van der Waals surface area (Å²) in [5.74, 6) is -1.24. The maximum absolute atomic E-state index is 12.7. The molecule has 0 saturated heterocycles. The highest BCUT2D eigenvalue weighted by Crippen LogP contribution is 2.49. The number of hydrogen-bond acceptors (Lipinski definition) is 17. The highest BCUT2D eigenvalue weighted by molar-refractivity contribution is 7.87. The van der Waals surface area contributed by atoms with Crippen molar-refractivity contribution in [1.82, 2.24) is 0 Å². The summed E-state index contributed by atoms with van der Waals surface area (Å²) in [5, 5.41) is 25.9. The van der Waals surface area contributed by atoms with Gasteiger partial charge in [0.2, 0.25) is 0 Å². The first kappa shape index (κ1) is 42.6. The van der Waals surface area contributed by atoms with Gasteiger partial charge in [-0.1, -0.05) is 42.5 Å². The number of azo groups is 2. The Morgan fingerprint density at radius 3 is 1.66 bits per heavy atom. The van der Waals surface area contributed by atoms with Crippen molar-refractivity contribution in [2.45, 2.75) is 24.5 Å². The molecule has 0 radical (unpaired) electrons. The molecule has 0 aromatic heterocycles. The first-order valence-electron chi connectivity index (χ1n) is 15.6. The number of nitrogens with two attached hydrogens (primary N) is 2. The highest BCUT2D eigenvalue weighted by Gasteiger charge is 2.29. The van der Waals surface area contributed by atoms with E-state index in [9.17, 15) is 70.0 Å². The SMILES string of the molecule is Nc1cccc(N=Nc2c(S(=O)(=O)O)cc3cc(S(=O)(=O)O)c(N=Nc4ccc5ccccc5c4-c4ccc(S(=O)(=O)O)cc4S(=O)(=O)O)c(N)c3c2O)c1S(=O)(=O)O. The first-order chi connectivity index (χ1) is 27.2. The molecule has 6 aromatic carbocycles. The van der Waals surface area contributed by atoms with Crippen molar-refractivity contribution in [3.63, 3.8) is 0 Å². The molecule has 0 unspecified atom stereocenters. The quantitative estimate of drug-likeness (QED) is 0.0471. The van der Waals surface area contributed by atoms with Crippen molar-refractivity contribution < 1.29 is 70.0 Å². The van der Waals surface area contributed by atoms with Gasteiger partial charge in [-0.25, -0.2) is 0 Å². The van der Waals surface area contributed by atoms with E-state index in [4.69, 9.17) is 11.5 Å². The summed E-state index contributed by atoms with van der Waals surface area (Å²) in [5.41, 5.74) is 7.00. The maximum atomic E-state index is 12.7. The lowest BCUT2D eigenvalue weighted by atomic mass is 9.96. The lowest BCUT2D eigenvalue weighted by molar-refractivity contribution is 0.472. The van der Waals surface area contributed by atoms with Crippen LogP contribution < -0.4 is 11.5 Å². The predicted molar refractivity (Wildman–Crippen MR) is 208 cm³/mol. The molecule has 0 bridgehead atoms. The van der Waals surface area contributed by atoms with E-state index in [1.54, 1.807) is 12.1 Å². The van der Waals surface area contributed by atoms with Crippen molar-refractivity contribution in [2.24, 2.45) is 20.5 Å². The third kappa shape index (κ3) is 8.32. The lowest BCUT2D eigenvalue weighted by Gasteiger charge is -2.15. The molecule has 0 saturated carbocycles. The Labute approximate surface area is 332 Å². The van der Waals surface area contributed by atoms with Crippen molar-refractivity contribution in [3.8, 4) is 16.9 Å². The van der Waals surface area contributed by atoms with Crippen LogP contribution in [0.15, 0.2) is 130 Å². The van der Waals surface area contributed by atoms with Crippen LogP contribution in [0.3, 0.4) is 0 Å². The summed E-state index contributed by atoms with van der Waals surface area (Å²) >= 11 is 0. The van der Waals surface area contributed by atoms with Crippen LogP contribution in [0.5, 0.6) is 5.75 Å². The zero-order valence-corrected chi connectivity index (χ0v) is 32.9. The first-order valence-corrected chi connectivity index (χ1v) is 22.8. The van der Waals surface area contributed by atoms with Gasteiger partial charge in [-0.3, -0.25) is 22.8 Å². The molecule has 10 N–H and O–H groups in total. The van der Waals surface area contributed by atoms with Crippen molar-refractivity contribution in [2.75, 3.05) is 11.5 Å². The van der Waals surface area contributed by atoms with E-state index in [1.165, 1.54) is 30.3 Å². The van der Waals surface area contributed by atoms with Crippen LogP contribution in [0.2, 0.25) is 0 Å². The fourth-order valence-corrected chi connectivity index (χ4v) is 9.30. The van der Waals surface area contributed by atoms with Gasteiger partial charge in [-0.2, -0.15) is 42.1 Å². The molecule has 308 valence electrons. The average molecular weight is 909 g/mol. The van der Waals surface area contributed by atoms with Gasteiger partial charge in [0.25, 0.3) is 50.6 Å². The number of rotatable bonds is 10. The minimum absolute atomic E-state index is 0.164. The number of phenolic OH excluding ortho intramolecular Hbond substituents is 1. The largest absolute Gasteiger partial charge is 0.505 e. The number of nitrogens with zero attached hydrogens (tertiary/aromatic N) is 4. The van der Waals surface area contributed by atoms with Crippen LogP contribution in [-0.2, 0) is 50.6 Å². The lowest BCUT2D eigenvalue weighted by Crippen LogP contribution is -2.05. The fourth-order valence-electron chi connectivity index (χ4n) is 5.92. The van der Waals surface area contributed by atoms with Crippen molar-refractivity contribution >= 4 is 106 Å². The number of nitrogen functional groups attached to an aromatic ring is 2. The summed E-state index contributed by atoms with van der Waals surface area (Å²) < 4.78 is 173. The Balaban J connectivity index is 1.66. The van der Waals surface area contributed by atoms with Gasteiger partial charge in [0, 0.05) is 11.1 Å². The topological polar surface area (TPSA) is 394 Å². The summed E-state index contributed by atoms with van der Waals surface area (Å²) in [6.07, 6.45) is 0. The molecule has 0 atom stereocenters. The molecule has 22 nitrogen and oxygen atoms in total. The molecule has 0 heterocycles. The maximum Gasteiger partial charge on any atom is 0.298 e. The van der Waals surface area contributed by atoms with E-state index in [-0.39, 0.29) is 16.6 Å². The molecule has 0 spiro atoms. The minimum Gasteiger partial charge on any atom is -0.505 e. The fraction of sp³-hybridized carbons (Fsp3) is 0. The van der Waals surface area contributed by atoms with Gasteiger partial charge in [0.05, 0.1) is 27.3 Å². The second kappa shape index (κ2) is 14.7. The number of benzene rings is 6. The van der Waals surface area contributed by atoms with Gasteiger partial charge in [0.1, 0.15) is 36.6 Å². The minimum atomic E-state index is -5.40. The zero-order chi connectivity index (χ0) is 43.6. The van der Waals surface area contributed by atoms with E-state index >= 15 is 0 Å². The molecule has 6 rings (SSSR count). The van der Waals surface area contributed by atoms with E-state index < -0.39 is 126 Å². The molecule has 27 heteroatoms. The van der Waals surface area contributed by atoms with E-state index in [2.05, 4.69) is 20.5 Å². The molecule has 0 aliphatic heterocycles. The number of anilines is 2. The Morgan fingerprint density at radius 2 is 1.07 bits per heavy atom. The van der Waals surface area contributed by atoms with Gasteiger partial charge in [-0.15, -0.1) is 20.5 Å². The molecular formula is C32H24N6O16S5. The zero-order valence-electron chi connectivity index (χ0n) is 28.8. The van der Waals surface area contributed by atoms with Crippen LogP contribution in [0, 0.1) is 0 Å². The smallest absolute Gasteiger partial charge is 0.298 e. The third-order valence-corrected chi connectivity index (χ3v) is 12.8.